The van der Waals surface area contributed by atoms with Gasteiger partial charge in [0.2, 0.25) is 0 Å². The van der Waals surface area contributed by atoms with Gasteiger partial charge in [-0.05, 0) is 30.7 Å². The van der Waals surface area contributed by atoms with Crippen LogP contribution in [0.4, 0.5) is 0 Å². The lowest BCUT2D eigenvalue weighted by molar-refractivity contribution is -0.140. The third-order valence-electron chi connectivity index (χ3n) is 4.92. The van der Waals surface area contributed by atoms with Crippen molar-refractivity contribution in [1.82, 2.24) is 14.5 Å². The fraction of sp³-hybridized carbons (Fsp3) is 0.286. The van der Waals surface area contributed by atoms with Gasteiger partial charge in [0, 0.05) is 36.5 Å². The molecule has 0 radical (unpaired) electrons. The van der Waals surface area contributed by atoms with Crippen LogP contribution in [0, 0.1) is 6.92 Å². The smallest absolute Gasteiger partial charge is 0.306 e. The van der Waals surface area contributed by atoms with Crippen LogP contribution in [-0.2, 0) is 22.5 Å². The molecule has 3 aromatic rings. The molecule has 0 aliphatic carbocycles. The maximum Gasteiger partial charge on any atom is 0.306 e. The second kappa shape index (κ2) is 8.64. The molecule has 0 saturated heterocycles. The van der Waals surface area contributed by atoms with E-state index in [1.54, 1.807) is 36.1 Å². The highest BCUT2D eigenvalue weighted by atomic mass is 16.5. The van der Waals surface area contributed by atoms with Crippen LogP contribution in [-0.4, -0.2) is 37.8 Å². The molecule has 0 saturated carbocycles. The van der Waals surface area contributed by atoms with Crippen LogP contribution in [0.15, 0.2) is 47.7 Å². The van der Waals surface area contributed by atoms with E-state index in [0.29, 0.717) is 24.2 Å². The van der Waals surface area contributed by atoms with Crippen molar-refractivity contribution >= 4 is 5.97 Å². The van der Waals surface area contributed by atoms with Gasteiger partial charge in [0.15, 0.2) is 0 Å². The number of aromatic amines is 1. The number of nitrogens with one attached hydrogen (secondary N) is 1. The second-order valence-corrected chi connectivity index (χ2v) is 6.79. The van der Waals surface area contributed by atoms with E-state index in [1.807, 2.05) is 0 Å². The van der Waals surface area contributed by atoms with Crippen molar-refractivity contribution in [3.8, 4) is 11.5 Å². The average Bonchev–Trinajstić information content (AvgIpc) is 3.21. The monoisotopic (exact) mass is 397 g/mol. The number of rotatable bonds is 7. The molecular formula is C21H23N3O5. The molecule has 0 aliphatic heterocycles. The Labute approximate surface area is 167 Å². The Morgan fingerprint density at radius 3 is 2.62 bits per heavy atom. The molecule has 3 N–H and O–H groups in total. The van der Waals surface area contributed by atoms with Gasteiger partial charge in [0.1, 0.15) is 11.5 Å². The molecular weight excluding hydrogens is 374 g/mol. The van der Waals surface area contributed by atoms with E-state index >= 15 is 0 Å². The zero-order valence-corrected chi connectivity index (χ0v) is 16.3. The minimum atomic E-state index is -0.713. The molecule has 1 atom stereocenters. The van der Waals surface area contributed by atoms with Crippen molar-refractivity contribution in [1.29, 1.82) is 0 Å². The fourth-order valence-electron chi connectivity index (χ4n) is 3.37. The summed E-state index contributed by atoms with van der Waals surface area (Å²) in [5.74, 6) is -1.33. The molecule has 0 fully saturated rings. The Bertz CT molecular complexity index is 1040. The van der Waals surface area contributed by atoms with Crippen LogP contribution in [0.5, 0.6) is 11.5 Å². The number of aromatic hydroxyl groups is 2. The molecule has 2 aromatic heterocycles. The number of pyridine rings is 1. The van der Waals surface area contributed by atoms with E-state index in [0.717, 1.165) is 5.69 Å². The van der Waals surface area contributed by atoms with Crippen molar-refractivity contribution in [3.05, 3.63) is 75.7 Å². The van der Waals surface area contributed by atoms with Gasteiger partial charge in [-0.1, -0.05) is 12.1 Å². The summed E-state index contributed by atoms with van der Waals surface area (Å²) in [4.78, 5) is 32.3. The van der Waals surface area contributed by atoms with Gasteiger partial charge in [-0.2, -0.15) is 0 Å². The number of phenolic OH excluding ortho intramolecular Hbond substituents is 1. The SMILES string of the molecule is COC(=O)C[C@H](c1ccc(O)cc1)c1c(O)cc(C)n(CCc2cnc[nH]2)c1=O. The highest BCUT2D eigenvalue weighted by Crippen LogP contribution is 2.33. The number of esters is 1. The predicted octanol–water partition coefficient (Wildman–Crippen LogP) is 2.23. The number of nitrogens with zero attached hydrogens (tertiary/aromatic N) is 2. The first-order chi connectivity index (χ1) is 13.9. The largest absolute Gasteiger partial charge is 0.508 e. The van der Waals surface area contributed by atoms with E-state index in [2.05, 4.69) is 9.97 Å². The predicted molar refractivity (Wildman–Crippen MR) is 106 cm³/mol. The van der Waals surface area contributed by atoms with Crippen molar-refractivity contribution in [2.45, 2.75) is 32.2 Å². The van der Waals surface area contributed by atoms with Gasteiger partial charge in [-0.15, -0.1) is 0 Å². The van der Waals surface area contributed by atoms with Crippen LogP contribution in [0.3, 0.4) is 0 Å². The number of carbonyl (C=O) groups is 1. The zero-order valence-electron chi connectivity index (χ0n) is 16.3. The standard InChI is InChI=1S/C21H23N3O5/c1-13-9-18(26)20(21(28)24(13)8-7-15-11-22-12-23-15)17(10-19(27)29-2)14-3-5-16(25)6-4-14/h3-6,9,11-12,17,25-26H,7-8,10H2,1-2H3,(H,22,23)/t17-/m1/s1. The number of carbonyl (C=O) groups excluding carboxylic acids is 1. The average molecular weight is 397 g/mol. The number of benzene rings is 1. The molecule has 152 valence electrons. The van der Waals surface area contributed by atoms with Crippen LogP contribution in [0.2, 0.25) is 0 Å². The van der Waals surface area contributed by atoms with Gasteiger partial charge in [-0.25, -0.2) is 4.98 Å². The summed E-state index contributed by atoms with van der Waals surface area (Å²) in [6, 6.07) is 7.71. The number of hydrogen-bond acceptors (Lipinski definition) is 6. The third kappa shape index (κ3) is 4.48. The normalized spacial score (nSPS) is 11.9. The summed E-state index contributed by atoms with van der Waals surface area (Å²) >= 11 is 0. The molecule has 1 aromatic carbocycles. The van der Waals surface area contributed by atoms with Crippen molar-refractivity contribution in [2.24, 2.45) is 0 Å². The Hall–Kier alpha value is -3.55. The number of methoxy groups -OCH3 is 1. The molecule has 29 heavy (non-hydrogen) atoms. The highest BCUT2D eigenvalue weighted by Gasteiger charge is 2.26. The van der Waals surface area contributed by atoms with E-state index in [-0.39, 0.29) is 29.0 Å². The molecule has 8 nitrogen and oxygen atoms in total. The lowest BCUT2D eigenvalue weighted by Gasteiger charge is -2.20. The molecule has 8 heteroatoms. The number of phenols is 1. The van der Waals surface area contributed by atoms with E-state index in [1.165, 1.54) is 25.3 Å². The minimum absolute atomic E-state index is 0.0654. The first-order valence-corrected chi connectivity index (χ1v) is 9.17. The van der Waals surface area contributed by atoms with Crippen molar-refractivity contribution < 1.29 is 19.7 Å². The Kier molecular flexibility index (Phi) is 6.01. The maximum atomic E-state index is 13.3. The second-order valence-electron chi connectivity index (χ2n) is 6.79. The topological polar surface area (TPSA) is 117 Å². The molecule has 0 aliphatic rings. The Morgan fingerprint density at radius 1 is 1.28 bits per heavy atom. The third-order valence-corrected chi connectivity index (χ3v) is 4.92. The first kappa shape index (κ1) is 20.2. The number of H-pyrrole nitrogens is 1. The van der Waals surface area contributed by atoms with E-state index in [4.69, 9.17) is 4.74 Å². The van der Waals surface area contributed by atoms with Gasteiger partial charge in [0.25, 0.3) is 5.56 Å². The number of hydrogen-bond donors (Lipinski definition) is 3. The van der Waals surface area contributed by atoms with Crippen LogP contribution < -0.4 is 5.56 Å². The van der Waals surface area contributed by atoms with Gasteiger partial charge in [0.05, 0.1) is 25.4 Å². The first-order valence-electron chi connectivity index (χ1n) is 9.17. The van der Waals surface area contributed by atoms with Crippen LogP contribution in [0.1, 0.15) is 34.9 Å². The maximum absolute atomic E-state index is 13.3. The summed E-state index contributed by atoms with van der Waals surface area (Å²) in [7, 11) is 1.27. The summed E-state index contributed by atoms with van der Waals surface area (Å²) in [5.41, 5.74) is 1.86. The van der Waals surface area contributed by atoms with Gasteiger partial charge in [-0.3, -0.25) is 9.59 Å². The lowest BCUT2D eigenvalue weighted by Crippen LogP contribution is -2.29. The number of ether oxygens (including phenoxy) is 1. The van der Waals surface area contributed by atoms with Gasteiger partial charge < -0.3 is 24.5 Å². The van der Waals surface area contributed by atoms with Crippen LogP contribution in [0.25, 0.3) is 0 Å². The molecule has 0 amide bonds. The van der Waals surface area contributed by atoms with Crippen molar-refractivity contribution in [3.63, 3.8) is 0 Å². The lowest BCUT2D eigenvalue weighted by atomic mass is 9.88. The number of aryl methyl sites for hydroxylation is 2. The van der Waals surface area contributed by atoms with E-state index in [9.17, 15) is 19.8 Å². The quantitative estimate of drug-likeness (QED) is 0.526. The van der Waals surface area contributed by atoms with Gasteiger partial charge >= 0.3 is 5.97 Å². The minimum Gasteiger partial charge on any atom is -0.508 e. The molecule has 0 unspecified atom stereocenters. The molecule has 0 spiro atoms. The summed E-state index contributed by atoms with van der Waals surface area (Å²) in [6.45, 7) is 2.13. The molecule has 2 heterocycles. The summed E-state index contributed by atoms with van der Waals surface area (Å²) < 4.78 is 6.36. The number of imidazole rings is 1. The van der Waals surface area contributed by atoms with Crippen LogP contribution >= 0.6 is 0 Å². The summed E-state index contributed by atoms with van der Waals surface area (Å²) in [5, 5.41) is 20.2. The summed E-state index contributed by atoms with van der Waals surface area (Å²) in [6.07, 6.45) is 3.71. The fourth-order valence-corrected chi connectivity index (χ4v) is 3.37. The Balaban J connectivity index is 2.06. The zero-order chi connectivity index (χ0) is 21.0. The Morgan fingerprint density at radius 2 is 2.00 bits per heavy atom. The number of aromatic nitrogens is 3. The highest BCUT2D eigenvalue weighted by molar-refractivity contribution is 5.71. The molecule has 0 bridgehead atoms. The molecule has 3 rings (SSSR count). The van der Waals surface area contributed by atoms with Crippen molar-refractivity contribution in [2.75, 3.05) is 7.11 Å². The van der Waals surface area contributed by atoms with E-state index < -0.39 is 11.9 Å².